The molecule has 1 fully saturated rings. The molecular weight excluding hydrogens is 378 g/mol. The maximum absolute atomic E-state index is 12.4. The Morgan fingerprint density at radius 1 is 1.25 bits per heavy atom. The van der Waals surface area contributed by atoms with Gasteiger partial charge in [0.25, 0.3) is 5.91 Å². The molecule has 1 aromatic heterocycles. The first kappa shape index (κ1) is 19.0. The number of anilines is 1. The first-order chi connectivity index (χ1) is 13.5. The van der Waals surface area contributed by atoms with Crippen LogP contribution in [0.4, 0.5) is 5.82 Å². The van der Waals surface area contributed by atoms with Crippen LogP contribution in [0.3, 0.4) is 0 Å². The molecule has 1 amide bonds. The Hall–Kier alpha value is -2.31. The fourth-order valence-corrected chi connectivity index (χ4v) is 3.93. The molecule has 1 saturated heterocycles. The van der Waals surface area contributed by atoms with Gasteiger partial charge < -0.3 is 19.7 Å². The second-order valence-electron chi connectivity index (χ2n) is 7.47. The third-order valence-corrected chi connectivity index (χ3v) is 5.24. The van der Waals surface area contributed by atoms with Crippen LogP contribution in [-0.4, -0.2) is 42.3 Å². The number of rotatable bonds is 4. The van der Waals surface area contributed by atoms with E-state index in [0.29, 0.717) is 18.0 Å². The summed E-state index contributed by atoms with van der Waals surface area (Å²) in [5.74, 6) is 1.53. The summed E-state index contributed by atoms with van der Waals surface area (Å²) in [6, 6.07) is 9.42. The Labute approximate surface area is 169 Å². The smallest absolute Gasteiger partial charge is 0.261 e. The normalized spacial score (nSPS) is 23.8. The number of benzene rings is 1. The largest absolute Gasteiger partial charge is 0.480 e. The van der Waals surface area contributed by atoms with E-state index in [9.17, 15) is 4.79 Å². The van der Waals surface area contributed by atoms with E-state index in [2.05, 4.69) is 29.0 Å². The van der Waals surface area contributed by atoms with Gasteiger partial charge in [0.2, 0.25) is 0 Å². The highest BCUT2D eigenvalue weighted by atomic mass is 35.5. The molecule has 0 saturated carbocycles. The van der Waals surface area contributed by atoms with Crippen molar-refractivity contribution in [1.29, 1.82) is 0 Å². The van der Waals surface area contributed by atoms with E-state index in [1.54, 1.807) is 12.1 Å². The van der Waals surface area contributed by atoms with Crippen LogP contribution in [0.5, 0.6) is 5.75 Å². The highest BCUT2D eigenvalue weighted by Gasteiger charge is 2.29. The maximum Gasteiger partial charge on any atom is 0.261 e. The fraction of sp³-hybridized carbons (Fsp3) is 0.429. The molecule has 0 unspecified atom stereocenters. The molecule has 1 N–H and O–H groups in total. The highest BCUT2D eigenvalue weighted by molar-refractivity contribution is 6.30. The van der Waals surface area contributed by atoms with Crippen molar-refractivity contribution in [1.82, 2.24) is 10.3 Å². The molecule has 3 heterocycles. The van der Waals surface area contributed by atoms with Crippen LogP contribution in [0.15, 0.2) is 36.5 Å². The molecular formula is C21H24ClN3O3. The van der Waals surface area contributed by atoms with Gasteiger partial charge >= 0.3 is 0 Å². The third kappa shape index (κ3) is 4.23. The van der Waals surface area contributed by atoms with Crippen molar-refractivity contribution in [2.75, 3.05) is 18.0 Å². The van der Waals surface area contributed by atoms with Crippen molar-refractivity contribution >= 4 is 23.3 Å². The number of pyridine rings is 1. The van der Waals surface area contributed by atoms with Gasteiger partial charge in [-0.3, -0.25) is 4.79 Å². The Kier molecular flexibility index (Phi) is 5.42. The van der Waals surface area contributed by atoms with Crippen LogP contribution in [0.2, 0.25) is 5.02 Å². The van der Waals surface area contributed by atoms with E-state index >= 15 is 0 Å². The molecule has 0 spiro atoms. The zero-order chi connectivity index (χ0) is 19.7. The summed E-state index contributed by atoms with van der Waals surface area (Å²) in [5, 5.41) is 3.58. The van der Waals surface area contributed by atoms with Gasteiger partial charge in [-0.05, 0) is 49.2 Å². The van der Waals surface area contributed by atoms with Crippen molar-refractivity contribution in [2.24, 2.45) is 0 Å². The number of fused-ring (bicyclic) bond motifs is 1. The Bertz CT molecular complexity index is 848. The van der Waals surface area contributed by atoms with Crippen molar-refractivity contribution in [3.63, 3.8) is 0 Å². The number of nitrogens with one attached hydrogen (secondary N) is 1. The SMILES string of the molecule is C[C@@H]1CN(c2ccc(CNC(=O)[C@@H]3Cc4cc(Cl)ccc4O3)cn2)C[C@H](C)O1. The number of hydrogen-bond donors (Lipinski definition) is 1. The maximum atomic E-state index is 12.4. The van der Waals surface area contributed by atoms with Gasteiger partial charge in [0.1, 0.15) is 11.6 Å². The van der Waals surface area contributed by atoms with Gasteiger partial charge in [0.15, 0.2) is 6.10 Å². The van der Waals surface area contributed by atoms with E-state index in [0.717, 1.165) is 35.8 Å². The molecule has 0 bridgehead atoms. The predicted octanol–water partition coefficient (Wildman–Crippen LogP) is 2.97. The van der Waals surface area contributed by atoms with E-state index in [1.165, 1.54) is 0 Å². The second-order valence-corrected chi connectivity index (χ2v) is 7.90. The molecule has 0 aliphatic carbocycles. The minimum atomic E-state index is -0.517. The lowest BCUT2D eigenvalue weighted by Gasteiger charge is -2.36. The molecule has 1 aromatic carbocycles. The quantitative estimate of drug-likeness (QED) is 0.853. The Morgan fingerprint density at radius 2 is 2.04 bits per heavy atom. The molecule has 2 aliphatic heterocycles. The number of amides is 1. The van der Waals surface area contributed by atoms with Crippen LogP contribution in [-0.2, 0) is 22.5 Å². The first-order valence-corrected chi connectivity index (χ1v) is 9.94. The summed E-state index contributed by atoms with van der Waals surface area (Å²) in [6.45, 7) is 6.22. The summed E-state index contributed by atoms with van der Waals surface area (Å²) in [7, 11) is 0. The summed E-state index contributed by atoms with van der Waals surface area (Å²) >= 11 is 6.00. The number of morpholine rings is 1. The van der Waals surface area contributed by atoms with E-state index in [-0.39, 0.29) is 18.1 Å². The van der Waals surface area contributed by atoms with Gasteiger partial charge in [-0.1, -0.05) is 17.7 Å². The lowest BCUT2D eigenvalue weighted by molar-refractivity contribution is -0.127. The summed E-state index contributed by atoms with van der Waals surface area (Å²) in [6.07, 6.45) is 2.21. The zero-order valence-corrected chi connectivity index (χ0v) is 16.8. The van der Waals surface area contributed by atoms with Crippen LogP contribution in [0.1, 0.15) is 25.0 Å². The number of nitrogens with zero attached hydrogens (tertiary/aromatic N) is 2. The molecule has 7 heteroatoms. The highest BCUT2D eigenvalue weighted by Crippen LogP contribution is 2.31. The van der Waals surface area contributed by atoms with Crippen LogP contribution in [0, 0.1) is 0 Å². The lowest BCUT2D eigenvalue weighted by atomic mass is 10.1. The van der Waals surface area contributed by atoms with Crippen molar-refractivity contribution in [3.8, 4) is 5.75 Å². The van der Waals surface area contributed by atoms with E-state index < -0.39 is 6.10 Å². The van der Waals surface area contributed by atoms with Gasteiger partial charge in [0, 0.05) is 37.3 Å². The minimum absolute atomic E-state index is 0.132. The van der Waals surface area contributed by atoms with E-state index in [4.69, 9.17) is 21.1 Å². The molecule has 148 valence electrons. The molecule has 2 aromatic rings. The monoisotopic (exact) mass is 401 g/mol. The Balaban J connectivity index is 1.31. The zero-order valence-electron chi connectivity index (χ0n) is 16.0. The van der Waals surface area contributed by atoms with Crippen LogP contribution in [0.25, 0.3) is 0 Å². The third-order valence-electron chi connectivity index (χ3n) is 5.01. The average Bonchev–Trinajstić information content (AvgIpc) is 3.09. The van der Waals surface area contributed by atoms with Crippen LogP contribution >= 0.6 is 11.6 Å². The lowest BCUT2D eigenvalue weighted by Crippen LogP contribution is -2.45. The number of carbonyl (C=O) groups excluding carboxylic acids is 1. The molecule has 6 nitrogen and oxygen atoms in total. The number of hydrogen-bond acceptors (Lipinski definition) is 5. The molecule has 2 aliphatic rings. The molecule has 28 heavy (non-hydrogen) atoms. The van der Waals surface area contributed by atoms with E-state index in [1.807, 2.05) is 24.4 Å². The topological polar surface area (TPSA) is 63.7 Å². The fourth-order valence-electron chi connectivity index (χ4n) is 3.74. The molecule has 4 rings (SSSR count). The van der Waals surface area contributed by atoms with Crippen molar-refractivity contribution in [3.05, 3.63) is 52.7 Å². The second kappa shape index (κ2) is 7.97. The minimum Gasteiger partial charge on any atom is -0.480 e. The number of carbonyl (C=O) groups is 1. The van der Waals surface area contributed by atoms with Gasteiger partial charge in [-0.15, -0.1) is 0 Å². The van der Waals surface area contributed by atoms with Gasteiger partial charge in [-0.2, -0.15) is 0 Å². The Morgan fingerprint density at radius 3 is 2.75 bits per heavy atom. The standard InChI is InChI=1S/C21H24ClN3O3/c1-13-11-25(12-14(2)27-13)20-6-3-15(9-23-20)10-24-21(26)19-8-16-7-17(22)4-5-18(16)28-19/h3-7,9,13-14,19H,8,10-12H2,1-2H3,(H,24,26)/t13-,14+,19-/m0/s1. The van der Waals surface area contributed by atoms with Crippen molar-refractivity contribution < 1.29 is 14.3 Å². The predicted molar refractivity (Wildman–Crippen MR) is 108 cm³/mol. The van der Waals surface area contributed by atoms with Gasteiger partial charge in [-0.25, -0.2) is 4.98 Å². The summed E-state index contributed by atoms with van der Waals surface area (Å²) < 4.78 is 11.5. The summed E-state index contributed by atoms with van der Waals surface area (Å²) in [4.78, 5) is 19.2. The number of aromatic nitrogens is 1. The number of ether oxygens (including phenoxy) is 2. The first-order valence-electron chi connectivity index (χ1n) is 9.56. The number of halogens is 1. The van der Waals surface area contributed by atoms with Crippen LogP contribution < -0.4 is 15.0 Å². The molecule has 3 atom stereocenters. The summed E-state index contributed by atoms with van der Waals surface area (Å²) in [5.41, 5.74) is 1.91. The molecule has 0 radical (unpaired) electrons. The van der Waals surface area contributed by atoms with Crippen molar-refractivity contribution in [2.45, 2.75) is 45.1 Å². The average molecular weight is 402 g/mol. The van der Waals surface area contributed by atoms with Gasteiger partial charge in [0.05, 0.1) is 12.2 Å².